The number of rotatable bonds is 6. The first-order valence-corrected chi connectivity index (χ1v) is 11.1. The van der Waals surface area contributed by atoms with Gasteiger partial charge in [0.2, 0.25) is 0 Å². The molecule has 29 heavy (non-hydrogen) atoms. The molecule has 2 aliphatic heterocycles. The van der Waals surface area contributed by atoms with Gasteiger partial charge in [0.05, 0.1) is 0 Å². The Morgan fingerprint density at radius 3 is 2.24 bits per heavy atom. The van der Waals surface area contributed by atoms with Crippen LogP contribution in [0, 0.1) is 0 Å². The lowest BCUT2D eigenvalue weighted by molar-refractivity contribution is 0.00600. The molecule has 156 valence electrons. The van der Waals surface area contributed by atoms with E-state index in [2.05, 4.69) is 76.3 Å². The molecule has 0 amide bonds. The number of hydrogen-bond donors (Lipinski definition) is 1. The lowest BCUT2D eigenvalue weighted by Crippen LogP contribution is -2.58. The van der Waals surface area contributed by atoms with Crippen LogP contribution >= 0.6 is 0 Å². The molecule has 4 nitrogen and oxygen atoms in total. The summed E-state index contributed by atoms with van der Waals surface area (Å²) < 4.78 is 0. The summed E-state index contributed by atoms with van der Waals surface area (Å²) in [7, 11) is 2.22. The monoisotopic (exact) mass is 393 g/mol. The van der Waals surface area contributed by atoms with Crippen molar-refractivity contribution in [3.05, 3.63) is 60.2 Å². The molecule has 0 spiro atoms. The van der Waals surface area contributed by atoms with Gasteiger partial charge in [-0.1, -0.05) is 54.6 Å². The summed E-state index contributed by atoms with van der Waals surface area (Å²) in [6, 6.07) is 20.8. The molecule has 0 aromatic heterocycles. The van der Waals surface area contributed by atoms with Gasteiger partial charge in [-0.15, -0.1) is 0 Å². The fourth-order valence-corrected chi connectivity index (χ4v) is 4.98. The van der Waals surface area contributed by atoms with E-state index in [1.165, 1.54) is 42.6 Å². The Kier molecular flexibility index (Phi) is 6.98. The fraction of sp³-hybridized carbons (Fsp3) is 0.520. The second-order valence-corrected chi connectivity index (χ2v) is 8.74. The Morgan fingerprint density at radius 1 is 0.862 bits per heavy atom. The summed E-state index contributed by atoms with van der Waals surface area (Å²) in [5, 5.41) is 9.64. The van der Waals surface area contributed by atoms with Gasteiger partial charge < -0.3 is 10.0 Å². The van der Waals surface area contributed by atoms with Crippen molar-refractivity contribution in [2.24, 2.45) is 0 Å². The number of aliphatic hydroxyl groups is 1. The van der Waals surface area contributed by atoms with Crippen LogP contribution in [0.15, 0.2) is 54.6 Å². The third kappa shape index (κ3) is 5.26. The molecule has 0 saturated carbocycles. The second kappa shape index (κ2) is 9.86. The largest absolute Gasteiger partial charge is 0.396 e. The third-order valence-corrected chi connectivity index (χ3v) is 6.70. The van der Waals surface area contributed by atoms with Crippen LogP contribution in [0.25, 0.3) is 11.1 Å². The lowest BCUT2D eigenvalue weighted by Gasteiger charge is -2.47. The number of benzene rings is 2. The molecule has 2 fully saturated rings. The van der Waals surface area contributed by atoms with Crippen LogP contribution in [0.4, 0.5) is 0 Å². The molecule has 4 heteroatoms. The van der Waals surface area contributed by atoms with Gasteiger partial charge in [-0.3, -0.25) is 9.80 Å². The maximum absolute atomic E-state index is 9.64. The van der Waals surface area contributed by atoms with Gasteiger partial charge >= 0.3 is 0 Å². The number of piperazine rings is 1. The van der Waals surface area contributed by atoms with E-state index in [1.54, 1.807) is 0 Å². The first-order chi connectivity index (χ1) is 14.2. The molecular formula is C25H35N3O. The first kappa shape index (κ1) is 20.5. The number of likely N-dealkylation sites (tertiary alicyclic amines) is 1. The molecule has 2 aromatic rings. The van der Waals surface area contributed by atoms with E-state index >= 15 is 0 Å². The molecule has 2 aromatic carbocycles. The van der Waals surface area contributed by atoms with Crippen LogP contribution in [0.3, 0.4) is 0 Å². The van der Waals surface area contributed by atoms with Gasteiger partial charge in [0.15, 0.2) is 0 Å². The molecular weight excluding hydrogens is 358 g/mol. The maximum atomic E-state index is 9.64. The molecule has 4 rings (SSSR count). The first-order valence-electron chi connectivity index (χ1n) is 11.1. The number of nitrogens with zero attached hydrogens (tertiary/aromatic N) is 3. The molecule has 0 bridgehead atoms. The molecule has 0 radical (unpaired) electrons. The highest BCUT2D eigenvalue weighted by molar-refractivity contribution is 5.63. The Labute approximate surface area is 175 Å². The standard InChI is InChI=1S/C25H35N3O/c1-26-14-11-24(12-15-26)28-17-16-27(20-25(28)13-18-29)19-21-7-9-23(10-8-21)22-5-3-2-4-6-22/h2-10,24-25,29H,11-20H2,1H3. The highest BCUT2D eigenvalue weighted by atomic mass is 16.3. The summed E-state index contributed by atoms with van der Waals surface area (Å²) in [5.74, 6) is 0. The number of piperidine rings is 1. The van der Waals surface area contributed by atoms with E-state index < -0.39 is 0 Å². The Hall–Kier alpha value is -1.72. The summed E-state index contributed by atoms with van der Waals surface area (Å²) in [6.45, 7) is 6.99. The van der Waals surface area contributed by atoms with Crippen molar-refractivity contribution in [2.45, 2.75) is 37.9 Å². The number of aliphatic hydroxyl groups excluding tert-OH is 1. The van der Waals surface area contributed by atoms with Gasteiger partial charge in [-0.25, -0.2) is 0 Å². The van der Waals surface area contributed by atoms with Gasteiger partial charge in [-0.2, -0.15) is 0 Å². The Balaban J connectivity index is 1.36. The van der Waals surface area contributed by atoms with Gasteiger partial charge in [0.25, 0.3) is 0 Å². The van der Waals surface area contributed by atoms with Crippen LogP contribution < -0.4 is 0 Å². The van der Waals surface area contributed by atoms with Crippen molar-refractivity contribution in [1.82, 2.24) is 14.7 Å². The van der Waals surface area contributed by atoms with Crippen molar-refractivity contribution >= 4 is 0 Å². The average molecular weight is 394 g/mol. The van der Waals surface area contributed by atoms with Gasteiger partial charge in [0.1, 0.15) is 0 Å². The molecule has 0 aliphatic carbocycles. The highest BCUT2D eigenvalue weighted by Crippen LogP contribution is 2.24. The SMILES string of the molecule is CN1CCC(N2CCN(Cc3ccc(-c4ccccc4)cc3)CC2CCO)CC1. The summed E-state index contributed by atoms with van der Waals surface area (Å²) >= 11 is 0. The zero-order chi connectivity index (χ0) is 20.1. The van der Waals surface area contributed by atoms with Crippen molar-refractivity contribution in [3.63, 3.8) is 0 Å². The van der Waals surface area contributed by atoms with Crippen molar-refractivity contribution in [1.29, 1.82) is 0 Å². The maximum Gasteiger partial charge on any atom is 0.0446 e. The van der Waals surface area contributed by atoms with Crippen molar-refractivity contribution < 1.29 is 5.11 Å². The van der Waals surface area contributed by atoms with E-state index in [4.69, 9.17) is 0 Å². The van der Waals surface area contributed by atoms with Gasteiger partial charge in [-0.05, 0) is 56.1 Å². The van der Waals surface area contributed by atoms with Crippen LogP contribution in [-0.4, -0.2) is 78.3 Å². The van der Waals surface area contributed by atoms with Crippen LogP contribution in [-0.2, 0) is 6.54 Å². The minimum absolute atomic E-state index is 0.285. The van der Waals surface area contributed by atoms with Crippen LogP contribution in [0.5, 0.6) is 0 Å². The quantitative estimate of drug-likeness (QED) is 0.816. The average Bonchev–Trinajstić information content (AvgIpc) is 2.76. The zero-order valence-corrected chi connectivity index (χ0v) is 17.7. The van der Waals surface area contributed by atoms with E-state index in [9.17, 15) is 5.11 Å². The summed E-state index contributed by atoms with van der Waals surface area (Å²) in [4.78, 5) is 7.72. The molecule has 2 heterocycles. The fourth-order valence-electron chi connectivity index (χ4n) is 4.98. The minimum atomic E-state index is 0.285. The van der Waals surface area contributed by atoms with Gasteiger partial charge in [0, 0.05) is 44.9 Å². The smallest absolute Gasteiger partial charge is 0.0446 e. The normalized spacial score (nSPS) is 22.8. The predicted molar refractivity (Wildman–Crippen MR) is 120 cm³/mol. The van der Waals surface area contributed by atoms with E-state index in [0.717, 1.165) is 32.6 Å². The van der Waals surface area contributed by atoms with E-state index in [-0.39, 0.29) is 6.61 Å². The summed E-state index contributed by atoms with van der Waals surface area (Å²) in [6.07, 6.45) is 3.41. The Morgan fingerprint density at radius 2 is 1.55 bits per heavy atom. The topological polar surface area (TPSA) is 30.0 Å². The minimum Gasteiger partial charge on any atom is -0.396 e. The predicted octanol–water partition coefficient (Wildman–Crippen LogP) is 3.32. The summed E-state index contributed by atoms with van der Waals surface area (Å²) in [5.41, 5.74) is 3.92. The van der Waals surface area contributed by atoms with Crippen LogP contribution in [0.1, 0.15) is 24.8 Å². The third-order valence-electron chi connectivity index (χ3n) is 6.70. The van der Waals surface area contributed by atoms with Crippen LogP contribution in [0.2, 0.25) is 0 Å². The lowest BCUT2D eigenvalue weighted by atomic mass is 9.98. The zero-order valence-electron chi connectivity index (χ0n) is 17.7. The van der Waals surface area contributed by atoms with Crippen molar-refractivity contribution in [2.75, 3.05) is 46.4 Å². The van der Waals surface area contributed by atoms with E-state index in [1.807, 2.05) is 0 Å². The van der Waals surface area contributed by atoms with E-state index in [0.29, 0.717) is 12.1 Å². The molecule has 1 N–H and O–H groups in total. The molecule has 2 aliphatic rings. The number of hydrogen-bond acceptors (Lipinski definition) is 4. The van der Waals surface area contributed by atoms with Crippen molar-refractivity contribution in [3.8, 4) is 11.1 Å². The Bertz CT molecular complexity index is 740. The molecule has 1 atom stereocenters. The second-order valence-electron chi connectivity index (χ2n) is 8.74. The molecule has 1 unspecified atom stereocenters. The highest BCUT2D eigenvalue weighted by Gasteiger charge is 2.32. The molecule has 2 saturated heterocycles.